The third-order valence-corrected chi connectivity index (χ3v) is 4.18. The number of nitrogens with zero attached hydrogens (tertiary/aromatic N) is 4. The first kappa shape index (κ1) is 20.0. The number of nitrogens with one attached hydrogen (secondary N) is 1. The number of hydrogen-bond donors (Lipinski definition) is 1. The minimum Gasteiger partial charge on any atom is -0.452 e. The Morgan fingerprint density at radius 1 is 1.31 bits per heavy atom. The molecular weight excluding hydrogens is 402 g/mol. The Labute approximate surface area is 169 Å². The second-order valence-electron chi connectivity index (χ2n) is 5.79. The number of pyridine rings is 1. The van der Waals surface area contributed by atoms with Crippen molar-refractivity contribution in [1.29, 1.82) is 0 Å². The van der Waals surface area contributed by atoms with Crippen molar-refractivity contribution < 1.29 is 19.2 Å². The van der Waals surface area contributed by atoms with Gasteiger partial charge in [0.25, 0.3) is 11.6 Å². The maximum Gasteiger partial charge on any atom is 0.342 e. The van der Waals surface area contributed by atoms with Gasteiger partial charge in [0.2, 0.25) is 0 Å². The smallest absolute Gasteiger partial charge is 0.342 e. The van der Waals surface area contributed by atoms with Gasteiger partial charge >= 0.3 is 5.97 Å². The first-order valence-electron chi connectivity index (χ1n) is 8.23. The van der Waals surface area contributed by atoms with Crippen molar-refractivity contribution in [3.8, 4) is 5.82 Å². The highest BCUT2D eigenvalue weighted by Crippen LogP contribution is 2.27. The number of esters is 1. The van der Waals surface area contributed by atoms with E-state index in [-0.39, 0.29) is 22.0 Å². The number of anilines is 1. The van der Waals surface area contributed by atoms with Gasteiger partial charge in [-0.15, -0.1) is 0 Å². The number of aromatic nitrogens is 3. The fraction of sp³-hybridized carbons (Fsp3) is 0.111. The van der Waals surface area contributed by atoms with Crippen LogP contribution < -0.4 is 5.32 Å². The Hall–Kier alpha value is -3.79. The number of rotatable bonds is 6. The zero-order chi connectivity index (χ0) is 21.0. The molecule has 0 aliphatic heterocycles. The van der Waals surface area contributed by atoms with Crippen LogP contribution in [-0.4, -0.2) is 38.2 Å². The highest BCUT2D eigenvalue weighted by molar-refractivity contribution is 6.32. The monoisotopic (exact) mass is 415 g/mol. The van der Waals surface area contributed by atoms with Crippen molar-refractivity contribution >= 4 is 34.9 Å². The molecule has 0 atom stereocenters. The molecule has 29 heavy (non-hydrogen) atoms. The van der Waals surface area contributed by atoms with Crippen molar-refractivity contribution in [2.45, 2.75) is 6.92 Å². The topological polar surface area (TPSA) is 129 Å². The summed E-state index contributed by atoms with van der Waals surface area (Å²) in [5, 5.41) is 17.4. The third-order valence-electron chi connectivity index (χ3n) is 3.86. The summed E-state index contributed by atoms with van der Waals surface area (Å²) >= 11 is 5.72. The molecule has 0 saturated heterocycles. The van der Waals surface area contributed by atoms with Gasteiger partial charge in [0.05, 0.1) is 16.8 Å². The molecule has 10 nitrogen and oxygen atoms in total. The van der Waals surface area contributed by atoms with Crippen LogP contribution in [-0.2, 0) is 9.53 Å². The van der Waals surface area contributed by atoms with Crippen molar-refractivity contribution in [3.05, 3.63) is 75.2 Å². The van der Waals surface area contributed by atoms with Gasteiger partial charge in [0.15, 0.2) is 12.4 Å². The molecule has 2 aromatic heterocycles. The Morgan fingerprint density at radius 2 is 2.10 bits per heavy atom. The predicted molar refractivity (Wildman–Crippen MR) is 103 cm³/mol. The molecule has 1 aromatic carbocycles. The molecular formula is C18H14ClN5O5. The van der Waals surface area contributed by atoms with Crippen molar-refractivity contribution in [2.75, 3.05) is 11.9 Å². The standard InChI is InChI=1S/C18H14ClN5O5/c1-11-13(9-21-23(11)16-4-2-3-7-20-16)18(26)29-10-17(25)22-12-5-6-14(19)15(8-12)24(27)28/h2-9H,10H2,1H3,(H,22,25). The van der Waals surface area contributed by atoms with Crippen LogP contribution >= 0.6 is 11.6 Å². The van der Waals surface area contributed by atoms with Gasteiger partial charge in [0, 0.05) is 18.0 Å². The molecule has 0 unspecified atom stereocenters. The van der Waals surface area contributed by atoms with E-state index in [1.54, 1.807) is 31.3 Å². The Bertz CT molecular complexity index is 1080. The number of ether oxygens (including phenoxy) is 1. The lowest BCUT2D eigenvalue weighted by molar-refractivity contribution is -0.384. The number of carbonyl (C=O) groups excluding carboxylic acids is 2. The lowest BCUT2D eigenvalue weighted by atomic mass is 10.2. The molecule has 0 radical (unpaired) electrons. The second kappa shape index (κ2) is 8.48. The van der Waals surface area contributed by atoms with E-state index in [1.165, 1.54) is 23.0 Å². The molecule has 3 aromatic rings. The molecule has 2 heterocycles. The van der Waals surface area contributed by atoms with Gasteiger partial charge in [-0.1, -0.05) is 17.7 Å². The van der Waals surface area contributed by atoms with E-state index >= 15 is 0 Å². The van der Waals surface area contributed by atoms with Gasteiger partial charge in [-0.2, -0.15) is 5.10 Å². The van der Waals surface area contributed by atoms with Crippen molar-refractivity contribution in [3.63, 3.8) is 0 Å². The van der Waals surface area contributed by atoms with Crippen LogP contribution in [0.15, 0.2) is 48.8 Å². The van der Waals surface area contributed by atoms with Crippen LogP contribution in [0.1, 0.15) is 16.1 Å². The lowest BCUT2D eigenvalue weighted by Gasteiger charge is -2.07. The minimum atomic E-state index is -0.734. The summed E-state index contributed by atoms with van der Waals surface area (Å²) in [6, 6.07) is 9.07. The van der Waals surface area contributed by atoms with Crippen LogP contribution in [0.2, 0.25) is 5.02 Å². The number of nitro groups is 1. The fourth-order valence-corrected chi connectivity index (χ4v) is 2.64. The van der Waals surface area contributed by atoms with Crippen LogP contribution in [0.4, 0.5) is 11.4 Å². The summed E-state index contributed by atoms with van der Waals surface area (Å²) in [7, 11) is 0. The van der Waals surface area contributed by atoms with Gasteiger partial charge < -0.3 is 10.1 Å². The number of nitro benzene ring substituents is 1. The molecule has 3 rings (SSSR count). The van der Waals surface area contributed by atoms with E-state index < -0.39 is 23.4 Å². The number of benzene rings is 1. The first-order valence-corrected chi connectivity index (χ1v) is 8.61. The van der Waals surface area contributed by atoms with Gasteiger partial charge in [-0.25, -0.2) is 14.5 Å². The normalized spacial score (nSPS) is 10.4. The Kier molecular flexibility index (Phi) is 5.84. The highest BCUT2D eigenvalue weighted by Gasteiger charge is 2.19. The number of amides is 1. The summed E-state index contributed by atoms with van der Waals surface area (Å²) in [5.74, 6) is -0.863. The summed E-state index contributed by atoms with van der Waals surface area (Å²) in [6.45, 7) is 1.09. The summed E-state index contributed by atoms with van der Waals surface area (Å²) in [5.41, 5.74) is 0.494. The maximum atomic E-state index is 12.3. The molecule has 148 valence electrons. The molecule has 0 fully saturated rings. The predicted octanol–water partition coefficient (Wildman–Crippen LogP) is 2.93. The van der Waals surface area contributed by atoms with Crippen LogP contribution in [0.25, 0.3) is 5.82 Å². The first-order chi connectivity index (χ1) is 13.9. The number of halogens is 1. The minimum absolute atomic E-state index is 0.0557. The van der Waals surface area contributed by atoms with E-state index in [0.717, 1.165) is 6.07 Å². The SMILES string of the molecule is Cc1c(C(=O)OCC(=O)Nc2ccc(Cl)c([N+](=O)[O-])c2)cnn1-c1ccccn1. The van der Waals surface area contributed by atoms with E-state index in [2.05, 4.69) is 15.4 Å². The molecule has 0 bridgehead atoms. The maximum absolute atomic E-state index is 12.3. The Balaban J connectivity index is 1.63. The highest BCUT2D eigenvalue weighted by atomic mass is 35.5. The zero-order valence-electron chi connectivity index (χ0n) is 15.0. The summed E-state index contributed by atoms with van der Waals surface area (Å²) in [6.07, 6.45) is 2.92. The van der Waals surface area contributed by atoms with E-state index in [4.69, 9.17) is 16.3 Å². The quantitative estimate of drug-likeness (QED) is 0.372. The Morgan fingerprint density at radius 3 is 2.79 bits per heavy atom. The van der Waals surface area contributed by atoms with Crippen LogP contribution in [0, 0.1) is 17.0 Å². The van der Waals surface area contributed by atoms with E-state index in [1.807, 2.05) is 0 Å². The lowest BCUT2D eigenvalue weighted by Crippen LogP contribution is -2.21. The number of carbonyl (C=O) groups is 2. The van der Waals surface area contributed by atoms with Crippen LogP contribution in [0.3, 0.4) is 0 Å². The molecule has 11 heteroatoms. The molecule has 1 N–H and O–H groups in total. The zero-order valence-corrected chi connectivity index (χ0v) is 15.8. The summed E-state index contributed by atoms with van der Waals surface area (Å²) in [4.78, 5) is 38.7. The van der Waals surface area contributed by atoms with Gasteiger partial charge in [-0.05, 0) is 31.2 Å². The second-order valence-corrected chi connectivity index (χ2v) is 6.20. The average molecular weight is 416 g/mol. The van der Waals surface area contributed by atoms with E-state index in [0.29, 0.717) is 11.5 Å². The largest absolute Gasteiger partial charge is 0.452 e. The molecule has 0 saturated carbocycles. The van der Waals surface area contributed by atoms with E-state index in [9.17, 15) is 19.7 Å². The van der Waals surface area contributed by atoms with Gasteiger partial charge in [0.1, 0.15) is 10.6 Å². The van der Waals surface area contributed by atoms with Gasteiger partial charge in [-0.3, -0.25) is 14.9 Å². The van der Waals surface area contributed by atoms with Crippen LogP contribution in [0.5, 0.6) is 0 Å². The van der Waals surface area contributed by atoms with Crippen molar-refractivity contribution in [2.24, 2.45) is 0 Å². The third kappa shape index (κ3) is 4.55. The van der Waals surface area contributed by atoms with Crippen molar-refractivity contribution in [1.82, 2.24) is 14.8 Å². The fourth-order valence-electron chi connectivity index (χ4n) is 2.46. The average Bonchev–Trinajstić information content (AvgIpc) is 3.09. The number of hydrogen-bond acceptors (Lipinski definition) is 7. The summed E-state index contributed by atoms with van der Waals surface area (Å²) < 4.78 is 6.48. The molecule has 0 aliphatic carbocycles. The molecule has 0 spiro atoms. The molecule has 1 amide bonds. The molecule has 0 aliphatic rings.